The van der Waals surface area contributed by atoms with Crippen molar-refractivity contribution < 1.29 is 14.3 Å². The molecule has 2 aromatic rings. The second-order valence-corrected chi connectivity index (χ2v) is 7.63. The summed E-state index contributed by atoms with van der Waals surface area (Å²) >= 11 is 0. The highest BCUT2D eigenvalue weighted by Crippen LogP contribution is 2.42. The van der Waals surface area contributed by atoms with Gasteiger partial charge < -0.3 is 14.4 Å². The fourth-order valence-electron chi connectivity index (χ4n) is 4.14. The van der Waals surface area contributed by atoms with E-state index in [0.717, 1.165) is 36.1 Å². The van der Waals surface area contributed by atoms with Gasteiger partial charge in [-0.1, -0.05) is 17.7 Å². The molecule has 0 saturated carbocycles. The summed E-state index contributed by atoms with van der Waals surface area (Å²) in [6, 6.07) is 11.7. The normalized spacial score (nSPS) is 20.6. The van der Waals surface area contributed by atoms with E-state index in [1.54, 1.807) is 12.4 Å². The number of likely N-dealkylation sites (tertiary alicyclic amines) is 1. The van der Waals surface area contributed by atoms with E-state index in [2.05, 4.69) is 4.98 Å². The molecule has 2 saturated heterocycles. The van der Waals surface area contributed by atoms with Gasteiger partial charge in [0.2, 0.25) is 0 Å². The molecule has 2 fully saturated rings. The molecule has 1 atom stereocenters. The Bertz CT molecular complexity index is 787. The van der Waals surface area contributed by atoms with Crippen molar-refractivity contribution in [2.75, 3.05) is 26.3 Å². The summed E-state index contributed by atoms with van der Waals surface area (Å²) in [5, 5.41) is 0. The van der Waals surface area contributed by atoms with Crippen molar-refractivity contribution in [3.63, 3.8) is 0 Å². The Labute approximate surface area is 160 Å². The van der Waals surface area contributed by atoms with Gasteiger partial charge in [0, 0.05) is 31.2 Å². The Morgan fingerprint density at radius 1 is 1.30 bits per heavy atom. The molecule has 0 unspecified atom stereocenters. The number of nitrogens with zero attached hydrogens (tertiary/aromatic N) is 2. The molecule has 142 valence electrons. The van der Waals surface area contributed by atoms with E-state index in [1.807, 2.05) is 48.2 Å². The summed E-state index contributed by atoms with van der Waals surface area (Å²) < 4.78 is 11.9. The van der Waals surface area contributed by atoms with Gasteiger partial charge in [-0.3, -0.25) is 9.78 Å². The molecule has 0 radical (unpaired) electrons. The smallest absolute Gasteiger partial charge is 0.254 e. The number of rotatable bonds is 6. The summed E-state index contributed by atoms with van der Waals surface area (Å²) in [5.74, 6) is 0.559. The van der Waals surface area contributed by atoms with Crippen LogP contribution in [0.15, 0.2) is 48.8 Å². The third kappa shape index (κ3) is 3.89. The van der Waals surface area contributed by atoms with Crippen molar-refractivity contribution >= 4 is 5.91 Å². The zero-order valence-corrected chi connectivity index (χ0v) is 15.8. The fourth-order valence-corrected chi connectivity index (χ4v) is 4.14. The van der Waals surface area contributed by atoms with Crippen molar-refractivity contribution in [3.05, 3.63) is 65.5 Å². The summed E-state index contributed by atoms with van der Waals surface area (Å²) in [6.07, 6.45) is 5.59. The lowest BCUT2D eigenvalue weighted by Crippen LogP contribution is -2.66. The van der Waals surface area contributed by atoms with Crippen LogP contribution in [0.25, 0.3) is 0 Å². The minimum Gasteiger partial charge on any atom is -0.377 e. The van der Waals surface area contributed by atoms with E-state index in [-0.39, 0.29) is 11.5 Å². The number of carbonyl (C=O) groups is 1. The maximum Gasteiger partial charge on any atom is 0.254 e. The molecule has 2 aliphatic heterocycles. The standard InChI is InChI=1S/C22H26N2O3/c1-17-3-2-4-19(13-17)21(25)24-15-22(16-24)20(8-12-27-22)7-11-26-14-18-5-9-23-10-6-18/h2-6,9-10,13,20H,7-8,11-12,14-16H2,1H3/t20-/m0/s1. The first-order chi connectivity index (χ1) is 13.2. The van der Waals surface area contributed by atoms with Crippen LogP contribution in [0, 0.1) is 12.8 Å². The fraction of sp³-hybridized carbons (Fsp3) is 0.455. The second-order valence-electron chi connectivity index (χ2n) is 7.63. The number of hydrogen-bond acceptors (Lipinski definition) is 4. The molecule has 1 amide bonds. The Kier molecular flexibility index (Phi) is 5.23. The second kappa shape index (κ2) is 7.79. The lowest BCUT2D eigenvalue weighted by Gasteiger charge is -2.50. The minimum absolute atomic E-state index is 0.104. The molecule has 4 rings (SSSR count). The number of benzene rings is 1. The number of ether oxygens (including phenoxy) is 2. The van der Waals surface area contributed by atoms with Crippen LogP contribution in [-0.4, -0.2) is 47.7 Å². The van der Waals surface area contributed by atoms with E-state index in [9.17, 15) is 4.79 Å². The van der Waals surface area contributed by atoms with Gasteiger partial charge >= 0.3 is 0 Å². The summed E-state index contributed by atoms with van der Waals surface area (Å²) in [5.41, 5.74) is 2.85. The average Bonchev–Trinajstić information content (AvgIpc) is 3.08. The van der Waals surface area contributed by atoms with E-state index < -0.39 is 0 Å². The molecule has 1 spiro atoms. The number of pyridine rings is 1. The molecule has 2 aliphatic rings. The largest absolute Gasteiger partial charge is 0.377 e. The molecule has 0 aliphatic carbocycles. The van der Waals surface area contributed by atoms with E-state index in [4.69, 9.17) is 9.47 Å². The lowest BCUT2D eigenvalue weighted by atomic mass is 9.79. The Hall–Kier alpha value is -2.24. The topological polar surface area (TPSA) is 51.7 Å². The maximum absolute atomic E-state index is 12.7. The number of carbonyl (C=O) groups excluding carboxylic acids is 1. The first-order valence-electron chi connectivity index (χ1n) is 9.63. The number of aryl methyl sites for hydroxylation is 1. The van der Waals surface area contributed by atoms with Crippen LogP contribution in [0.5, 0.6) is 0 Å². The summed E-state index contributed by atoms with van der Waals surface area (Å²) in [7, 11) is 0. The molecule has 1 aromatic carbocycles. The monoisotopic (exact) mass is 366 g/mol. The number of aromatic nitrogens is 1. The third-order valence-corrected chi connectivity index (χ3v) is 5.70. The van der Waals surface area contributed by atoms with Gasteiger partial charge in [-0.2, -0.15) is 0 Å². The predicted octanol–water partition coefficient (Wildman–Crippen LogP) is 3.23. The molecular weight excluding hydrogens is 340 g/mol. The molecular formula is C22H26N2O3. The van der Waals surface area contributed by atoms with Gasteiger partial charge in [-0.25, -0.2) is 0 Å². The first-order valence-corrected chi connectivity index (χ1v) is 9.63. The Morgan fingerprint density at radius 2 is 2.11 bits per heavy atom. The van der Waals surface area contributed by atoms with Crippen LogP contribution in [0.4, 0.5) is 0 Å². The zero-order valence-electron chi connectivity index (χ0n) is 15.8. The van der Waals surface area contributed by atoms with Crippen molar-refractivity contribution in [1.82, 2.24) is 9.88 Å². The van der Waals surface area contributed by atoms with Crippen LogP contribution < -0.4 is 0 Å². The molecule has 5 heteroatoms. The first kappa shape index (κ1) is 18.1. The maximum atomic E-state index is 12.7. The number of amides is 1. The highest BCUT2D eigenvalue weighted by atomic mass is 16.5. The SMILES string of the molecule is Cc1cccc(C(=O)N2CC3(C2)OCC[C@@H]3CCOCc2ccncc2)c1. The van der Waals surface area contributed by atoms with Gasteiger partial charge in [0.1, 0.15) is 5.60 Å². The number of hydrogen-bond donors (Lipinski definition) is 0. The minimum atomic E-state index is -0.167. The van der Waals surface area contributed by atoms with Crippen LogP contribution >= 0.6 is 0 Å². The van der Waals surface area contributed by atoms with E-state index in [1.165, 1.54) is 0 Å². The van der Waals surface area contributed by atoms with Crippen molar-refractivity contribution in [3.8, 4) is 0 Å². The van der Waals surface area contributed by atoms with E-state index in [0.29, 0.717) is 32.2 Å². The predicted molar refractivity (Wildman–Crippen MR) is 102 cm³/mol. The van der Waals surface area contributed by atoms with E-state index >= 15 is 0 Å². The average molecular weight is 366 g/mol. The van der Waals surface area contributed by atoms with Crippen molar-refractivity contribution in [1.29, 1.82) is 0 Å². The van der Waals surface area contributed by atoms with Gasteiger partial charge in [-0.05, 0) is 55.5 Å². The molecule has 27 heavy (non-hydrogen) atoms. The third-order valence-electron chi connectivity index (χ3n) is 5.70. The zero-order chi connectivity index (χ0) is 18.7. The van der Waals surface area contributed by atoms with Crippen LogP contribution in [0.3, 0.4) is 0 Å². The van der Waals surface area contributed by atoms with Gasteiger partial charge in [0.15, 0.2) is 0 Å². The lowest BCUT2D eigenvalue weighted by molar-refractivity contribution is -0.120. The summed E-state index contributed by atoms with van der Waals surface area (Å²) in [6.45, 7) is 5.49. The molecule has 5 nitrogen and oxygen atoms in total. The molecule has 0 bridgehead atoms. The summed E-state index contributed by atoms with van der Waals surface area (Å²) in [4.78, 5) is 18.6. The van der Waals surface area contributed by atoms with Gasteiger partial charge in [0.25, 0.3) is 5.91 Å². The van der Waals surface area contributed by atoms with Crippen molar-refractivity contribution in [2.45, 2.75) is 32.0 Å². The molecule has 1 aromatic heterocycles. The van der Waals surface area contributed by atoms with Crippen LogP contribution in [-0.2, 0) is 16.1 Å². The highest BCUT2D eigenvalue weighted by molar-refractivity contribution is 5.95. The van der Waals surface area contributed by atoms with Crippen LogP contribution in [0.1, 0.15) is 34.3 Å². The van der Waals surface area contributed by atoms with Crippen LogP contribution in [0.2, 0.25) is 0 Å². The quantitative estimate of drug-likeness (QED) is 0.737. The van der Waals surface area contributed by atoms with Gasteiger partial charge in [-0.15, -0.1) is 0 Å². The van der Waals surface area contributed by atoms with Crippen molar-refractivity contribution in [2.24, 2.45) is 5.92 Å². The Morgan fingerprint density at radius 3 is 2.89 bits per heavy atom. The van der Waals surface area contributed by atoms with Gasteiger partial charge in [0.05, 0.1) is 19.7 Å². The Balaban J connectivity index is 1.27. The molecule has 3 heterocycles. The molecule has 0 N–H and O–H groups in total. The highest BCUT2D eigenvalue weighted by Gasteiger charge is 2.54.